The lowest BCUT2D eigenvalue weighted by Gasteiger charge is -2.19. The number of ether oxygens (including phenoxy) is 1. The van der Waals surface area contributed by atoms with Crippen molar-refractivity contribution in [2.45, 2.75) is 6.54 Å². The van der Waals surface area contributed by atoms with E-state index in [-0.39, 0.29) is 5.91 Å². The maximum absolute atomic E-state index is 12.5. The number of nitrogens with two attached hydrogens (primary N) is 1. The van der Waals surface area contributed by atoms with Gasteiger partial charge in [-0.3, -0.25) is 4.79 Å². The number of halogens is 1. The molecule has 2 rings (SSSR count). The lowest BCUT2D eigenvalue weighted by Crippen LogP contribution is -2.27. The first kappa shape index (κ1) is 15.4. The summed E-state index contributed by atoms with van der Waals surface area (Å²) in [6, 6.07) is 12.9. The van der Waals surface area contributed by atoms with E-state index in [9.17, 15) is 4.79 Å². The summed E-state index contributed by atoms with van der Waals surface area (Å²) in [6.07, 6.45) is 0. The Labute approximate surface area is 132 Å². The van der Waals surface area contributed by atoms with Crippen molar-refractivity contribution >= 4 is 27.5 Å². The second-order valence-electron chi connectivity index (χ2n) is 4.70. The van der Waals surface area contributed by atoms with Crippen LogP contribution in [0, 0.1) is 0 Å². The molecule has 1 amide bonds. The molecule has 0 heterocycles. The van der Waals surface area contributed by atoms with E-state index in [0.717, 1.165) is 15.8 Å². The van der Waals surface area contributed by atoms with Gasteiger partial charge in [-0.15, -0.1) is 0 Å². The fraction of sp³-hybridized carbons (Fsp3) is 0.188. The van der Waals surface area contributed by atoms with Crippen LogP contribution in [0.25, 0.3) is 0 Å². The SMILES string of the molecule is COc1ccccc1CN(C)C(=O)c1cc(Br)ccc1N. The zero-order valence-electron chi connectivity index (χ0n) is 12.0. The minimum absolute atomic E-state index is 0.125. The fourth-order valence-corrected chi connectivity index (χ4v) is 2.44. The van der Waals surface area contributed by atoms with Crippen LogP contribution in [-0.2, 0) is 6.54 Å². The van der Waals surface area contributed by atoms with Crippen LogP contribution in [0.15, 0.2) is 46.9 Å². The van der Waals surface area contributed by atoms with Crippen LogP contribution in [0.5, 0.6) is 5.75 Å². The second kappa shape index (κ2) is 6.63. The van der Waals surface area contributed by atoms with Gasteiger partial charge in [0, 0.05) is 29.3 Å². The van der Waals surface area contributed by atoms with Crippen molar-refractivity contribution in [2.24, 2.45) is 0 Å². The summed E-state index contributed by atoms with van der Waals surface area (Å²) in [7, 11) is 3.36. The van der Waals surface area contributed by atoms with Gasteiger partial charge in [0.1, 0.15) is 5.75 Å². The molecule has 0 saturated carbocycles. The quantitative estimate of drug-likeness (QED) is 0.862. The number of benzene rings is 2. The van der Waals surface area contributed by atoms with Gasteiger partial charge in [-0.2, -0.15) is 0 Å². The van der Waals surface area contributed by atoms with E-state index in [1.165, 1.54) is 0 Å². The topological polar surface area (TPSA) is 55.6 Å². The van der Waals surface area contributed by atoms with Crippen molar-refractivity contribution in [2.75, 3.05) is 19.9 Å². The van der Waals surface area contributed by atoms with Crippen LogP contribution < -0.4 is 10.5 Å². The Morgan fingerprint density at radius 3 is 2.71 bits per heavy atom. The number of methoxy groups -OCH3 is 1. The minimum atomic E-state index is -0.125. The third-order valence-corrected chi connectivity index (χ3v) is 3.69. The van der Waals surface area contributed by atoms with E-state index >= 15 is 0 Å². The second-order valence-corrected chi connectivity index (χ2v) is 5.62. The van der Waals surface area contributed by atoms with E-state index in [1.54, 1.807) is 31.2 Å². The molecule has 0 radical (unpaired) electrons. The Balaban J connectivity index is 2.22. The molecule has 0 unspecified atom stereocenters. The Morgan fingerprint density at radius 2 is 2.00 bits per heavy atom. The molecule has 21 heavy (non-hydrogen) atoms. The van der Waals surface area contributed by atoms with Gasteiger partial charge >= 0.3 is 0 Å². The molecule has 0 aliphatic carbocycles. The molecule has 0 aliphatic rings. The number of para-hydroxylation sites is 1. The zero-order valence-corrected chi connectivity index (χ0v) is 13.6. The zero-order chi connectivity index (χ0) is 15.4. The highest BCUT2D eigenvalue weighted by Gasteiger charge is 2.16. The smallest absolute Gasteiger partial charge is 0.256 e. The van der Waals surface area contributed by atoms with Crippen molar-refractivity contribution in [1.82, 2.24) is 4.90 Å². The highest BCUT2D eigenvalue weighted by Crippen LogP contribution is 2.22. The van der Waals surface area contributed by atoms with Crippen LogP contribution in [0.1, 0.15) is 15.9 Å². The first-order valence-electron chi connectivity index (χ1n) is 6.45. The molecular weight excluding hydrogens is 332 g/mol. The van der Waals surface area contributed by atoms with Crippen molar-refractivity contribution in [3.05, 3.63) is 58.1 Å². The summed E-state index contributed by atoms with van der Waals surface area (Å²) in [5.41, 5.74) is 7.79. The number of hydrogen-bond donors (Lipinski definition) is 1. The summed E-state index contributed by atoms with van der Waals surface area (Å²) < 4.78 is 6.13. The van der Waals surface area contributed by atoms with E-state index in [2.05, 4.69) is 15.9 Å². The van der Waals surface area contributed by atoms with Crippen molar-refractivity contribution in [3.8, 4) is 5.75 Å². The van der Waals surface area contributed by atoms with Gasteiger partial charge in [0.05, 0.1) is 12.7 Å². The van der Waals surface area contributed by atoms with Crippen LogP contribution in [-0.4, -0.2) is 25.0 Å². The molecule has 0 bridgehead atoms. The summed E-state index contributed by atoms with van der Waals surface area (Å²) in [4.78, 5) is 14.1. The maximum atomic E-state index is 12.5. The monoisotopic (exact) mass is 348 g/mol. The largest absolute Gasteiger partial charge is 0.496 e. The molecule has 5 heteroatoms. The molecule has 0 fully saturated rings. The number of hydrogen-bond acceptors (Lipinski definition) is 3. The first-order valence-corrected chi connectivity index (χ1v) is 7.24. The Morgan fingerprint density at radius 1 is 1.29 bits per heavy atom. The van der Waals surface area contributed by atoms with Crippen molar-refractivity contribution in [3.63, 3.8) is 0 Å². The van der Waals surface area contributed by atoms with Crippen LogP contribution >= 0.6 is 15.9 Å². The lowest BCUT2D eigenvalue weighted by molar-refractivity contribution is 0.0785. The summed E-state index contributed by atoms with van der Waals surface area (Å²) in [6.45, 7) is 0.453. The van der Waals surface area contributed by atoms with Gasteiger partial charge in [-0.05, 0) is 24.3 Å². The van der Waals surface area contributed by atoms with E-state index < -0.39 is 0 Å². The number of carbonyl (C=O) groups excluding carboxylic acids is 1. The fourth-order valence-electron chi connectivity index (χ4n) is 2.08. The number of nitrogens with zero attached hydrogens (tertiary/aromatic N) is 1. The van der Waals surface area contributed by atoms with Gasteiger partial charge in [0.25, 0.3) is 5.91 Å². The third-order valence-electron chi connectivity index (χ3n) is 3.19. The third kappa shape index (κ3) is 3.55. The maximum Gasteiger partial charge on any atom is 0.256 e. The normalized spacial score (nSPS) is 10.2. The molecule has 2 aromatic carbocycles. The molecular formula is C16H17BrN2O2. The van der Waals surface area contributed by atoms with Gasteiger partial charge in [0.15, 0.2) is 0 Å². The van der Waals surface area contributed by atoms with Gasteiger partial charge < -0.3 is 15.4 Å². The van der Waals surface area contributed by atoms with Gasteiger partial charge in [0.2, 0.25) is 0 Å². The molecule has 0 aromatic heterocycles. The molecule has 0 atom stereocenters. The molecule has 0 saturated heterocycles. The first-order chi connectivity index (χ1) is 10.0. The molecule has 2 aromatic rings. The van der Waals surface area contributed by atoms with Gasteiger partial charge in [-0.1, -0.05) is 34.1 Å². The minimum Gasteiger partial charge on any atom is -0.496 e. The molecule has 0 aliphatic heterocycles. The Kier molecular flexibility index (Phi) is 4.85. The number of anilines is 1. The Hall–Kier alpha value is -2.01. The van der Waals surface area contributed by atoms with Crippen molar-refractivity contribution in [1.29, 1.82) is 0 Å². The van der Waals surface area contributed by atoms with Crippen LogP contribution in [0.4, 0.5) is 5.69 Å². The van der Waals surface area contributed by atoms with Crippen molar-refractivity contribution < 1.29 is 9.53 Å². The number of carbonyl (C=O) groups is 1. The van der Waals surface area contributed by atoms with Crippen LogP contribution in [0.3, 0.4) is 0 Å². The Bertz CT molecular complexity index is 658. The highest BCUT2D eigenvalue weighted by molar-refractivity contribution is 9.10. The van der Waals surface area contributed by atoms with E-state index in [4.69, 9.17) is 10.5 Å². The lowest BCUT2D eigenvalue weighted by atomic mass is 10.1. The van der Waals surface area contributed by atoms with Gasteiger partial charge in [-0.25, -0.2) is 0 Å². The molecule has 4 nitrogen and oxygen atoms in total. The summed E-state index contributed by atoms with van der Waals surface area (Å²) in [5, 5.41) is 0. The standard InChI is InChI=1S/C16H17BrN2O2/c1-19(10-11-5-3-4-6-15(11)21-2)16(20)13-9-12(17)7-8-14(13)18/h3-9H,10,18H2,1-2H3. The van der Waals surface area contributed by atoms with E-state index in [1.807, 2.05) is 30.3 Å². The number of rotatable bonds is 4. The van der Waals surface area contributed by atoms with E-state index in [0.29, 0.717) is 17.8 Å². The molecule has 110 valence electrons. The summed E-state index contributed by atoms with van der Waals surface area (Å²) >= 11 is 3.36. The molecule has 2 N–H and O–H groups in total. The number of amides is 1. The summed E-state index contributed by atoms with van der Waals surface area (Å²) in [5.74, 6) is 0.638. The number of nitrogen functional groups attached to an aromatic ring is 1. The predicted octanol–water partition coefficient (Wildman–Crippen LogP) is 3.31. The predicted molar refractivity (Wildman–Crippen MR) is 87.3 cm³/mol. The molecule has 0 spiro atoms. The average Bonchev–Trinajstić information content (AvgIpc) is 2.49. The van der Waals surface area contributed by atoms with Crippen LogP contribution in [0.2, 0.25) is 0 Å². The average molecular weight is 349 g/mol. The highest BCUT2D eigenvalue weighted by atomic mass is 79.9.